The van der Waals surface area contributed by atoms with E-state index in [2.05, 4.69) is 0 Å². The lowest BCUT2D eigenvalue weighted by atomic mass is 11.2. The Bertz CT molecular complexity index is 46.1. The van der Waals surface area contributed by atoms with Crippen LogP contribution in [0.15, 0.2) is 0 Å². The Hall–Kier alpha value is -0.780. The maximum atomic E-state index is 10.7. The van der Waals surface area contributed by atoms with Gasteiger partial charge in [-0.1, -0.05) is 0 Å². The minimum atomic E-state index is -0.767. The summed E-state index contributed by atoms with van der Waals surface area (Å²) in [6.45, 7) is -0.767. The number of nitrogens with one attached hydrogen (secondary N) is 1. The Labute approximate surface area is 29.2 Å². The number of hydrogen-bond acceptors (Lipinski definition) is 2. The Balaban J connectivity index is 2.48. The molecule has 0 fully saturated rings. The average Bonchev–Trinajstić information content (AvgIpc) is 1.41. The SMILES string of the molecule is N#CNCF. The second kappa shape index (κ2) is 3.22. The van der Waals surface area contributed by atoms with Gasteiger partial charge < -0.3 is 0 Å². The highest BCUT2D eigenvalue weighted by atomic mass is 19.1. The number of halogens is 1. The minimum absolute atomic E-state index is 0.767. The van der Waals surface area contributed by atoms with Gasteiger partial charge in [0.05, 0.1) is 0 Å². The molecule has 2 nitrogen and oxygen atoms in total. The van der Waals surface area contributed by atoms with Crippen LogP contribution in [0, 0.1) is 11.5 Å². The highest BCUT2D eigenvalue weighted by molar-refractivity contribution is 4.58. The first kappa shape index (κ1) is 4.22. The van der Waals surface area contributed by atoms with Crippen LogP contribution in [0.25, 0.3) is 0 Å². The molecule has 0 aliphatic heterocycles. The summed E-state index contributed by atoms with van der Waals surface area (Å²) in [7, 11) is 0. The number of rotatable bonds is 1. The fourth-order valence-corrected chi connectivity index (χ4v) is 0.0299. The molecule has 3 heteroatoms. The maximum Gasteiger partial charge on any atom is 0.178 e. The Morgan fingerprint density at radius 3 is 2.60 bits per heavy atom. The van der Waals surface area contributed by atoms with E-state index in [0.717, 1.165) is 0 Å². The van der Waals surface area contributed by atoms with E-state index < -0.39 is 6.80 Å². The molecule has 1 N–H and O–H groups in total. The van der Waals surface area contributed by atoms with Crippen LogP contribution in [0.4, 0.5) is 4.39 Å². The van der Waals surface area contributed by atoms with Crippen LogP contribution in [-0.2, 0) is 0 Å². The van der Waals surface area contributed by atoms with Crippen molar-refractivity contribution in [2.75, 3.05) is 6.80 Å². The third-order valence-electron chi connectivity index (χ3n) is 0.146. The first-order valence-electron chi connectivity index (χ1n) is 1.09. The predicted molar refractivity (Wildman–Crippen MR) is 14.7 cm³/mol. The first-order valence-corrected chi connectivity index (χ1v) is 1.09. The van der Waals surface area contributed by atoms with Crippen LogP contribution in [0.1, 0.15) is 0 Å². The summed E-state index contributed by atoms with van der Waals surface area (Å²) in [5.74, 6) is 0. The van der Waals surface area contributed by atoms with Crippen molar-refractivity contribution in [3.63, 3.8) is 0 Å². The van der Waals surface area contributed by atoms with Crippen molar-refractivity contribution in [3.8, 4) is 6.19 Å². The summed E-state index contributed by atoms with van der Waals surface area (Å²) >= 11 is 0. The summed E-state index contributed by atoms with van der Waals surface area (Å²) < 4.78 is 10.7. The highest BCUT2D eigenvalue weighted by Crippen LogP contribution is 1.47. The van der Waals surface area contributed by atoms with Gasteiger partial charge in [0.25, 0.3) is 0 Å². The van der Waals surface area contributed by atoms with Gasteiger partial charge in [-0.25, -0.2) is 4.39 Å². The molecule has 0 unspecified atom stereocenters. The van der Waals surface area contributed by atoms with Crippen molar-refractivity contribution >= 4 is 0 Å². The van der Waals surface area contributed by atoms with E-state index in [1.807, 2.05) is 0 Å². The van der Waals surface area contributed by atoms with Crippen LogP contribution in [0.2, 0.25) is 0 Å². The predicted octanol–water partition coefficient (Wildman–Crippen LogP) is -0.0159. The van der Waals surface area contributed by atoms with E-state index in [-0.39, 0.29) is 0 Å². The summed E-state index contributed by atoms with van der Waals surface area (Å²) in [6.07, 6.45) is 1.39. The first-order chi connectivity index (χ1) is 2.41. The molecule has 0 aromatic heterocycles. The minimum Gasteiger partial charge on any atom is -0.295 e. The zero-order valence-corrected chi connectivity index (χ0v) is 2.53. The van der Waals surface area contributed by atoms with Gasteiger partial charge in [0.15, 0.2) is 13.0 Å². The standard InChI is InChI=1S/C2H3FN2/c3-1-5-2-4/h5H,1H2. The summed E-state index contributed by atoms with van der Waals surface area (Å²) in [4.78, 5) is 0. The molecule has 5 heavy (non-hydrogen) atoms. The zero-order chi connectivity index (χ0) is 4.12. The molecule has 0 spiro atoms. The van der Waals surface area contributed by atoms with E-state index in [9.17, 15) is 4.39 Å². The number of hydrogen-bond donors (Lipinski definition) is 1. The Morgan fingerprint density at radius 2 is 2.60 bits per heavy atom. The molecule has 0 aliphatic carbocycles. The van der Waals surface area contributed by atoms with Crippen LogP contribution >= 0.6 is 0 Å². The maximum absolute atomic E-state index is 10.7. The molecular formula is C2H3FN2. The molecule has 0 atom stereocenters. The fraction of sp³-hybridized carbons (Fsp3) is 0.500. The average molecular weight is 74.1 g/mol. The van der Waals surface area contributed by atoms with Crippen molar-refractivity contribution in [2.24, 2.45) is 0 Å². The van der Waals surface area contributed by atoms with Crippen LogP contribution in [0.5, 0.6) is 0 Å². The second-order valence-electron chi connectivity index (χ2n) is 0.422. The van der Waals surface area contributed by atoms with Gasteiger partial charge in [0.2, 0.25) is 0 Å². The number of nitrogens with zero attached hydrogens (tertiary/aromatic N) is 1. The number of nitriles is 1. The van der Waals surface area contributed by atoms with Gasteiger partial charge in [0.1, 0.15) is 0 Å². The largest absolute Gasteiger partial charge is 0.295 e. The second-order valence-corrected chi connectivity index (χ2v) is 0.422. The molecule has 0 bridgehead atoms. The van der Waals surface area contributed by atoms with E-state index >= 15 is 0 Å². The summed E-state index contributed by atoms with van der Waals surface area (Å²) in [5, 5.41) is 9.22. The Morgan fingerprint density at radius 1 is 2.00 bits per heavy atom. The lowest BCUT2D eigenvalue weighted by Gasteiger charge is -1.72. The monoisotopic (exact) mass is 74.0 g/mol. The lowest BCUT2D eigenvalue weighted by molar-refractivity contribution is 0.469. The van der Waals surface area contributed by atoms with E-state index in [0.29, 0.717) is 0 Å². The summed E-state index contributed by atoms with van der Waals surface area (Å²) in [6, 6.07) is 0. The summed E-state index contributed by atoms with van der Waals surface area (Å²) in [5.41, 5.74) is 0. The molecule has 0 saturated heterocycles. The van der Waals surface area contributed by atoms with Crippen molar-refractivity contribution in [1.82, 2.24) is 5.32 Å². The molecule has 0 saturated carbocycles. The molecule has 0 heterocycles. The highest BCUT2D eigenvalue weighted by Gasteiger charge is 1.61. The smallest absolute Gasteiger partial charge is 0.178 e. The van der Waals surface area contributed by atoms with Crippen LogP contribution in [-0.4, -0.2) is 6.80 Å². The quantitative estimate of drug-likeness (QED) is 0.269. The van der Waals surface area contributed by atoms with Crippen molar-refractivity contribution in [2.45, 2.75) is 0 Å². The van der Waals surface area contributed by atoms with Gasteiger partial charge in [0, 0.05) is 0 Å². The van der Waals surface area contributed by atoms with Crippen molar-refractivity contribution in [3.05, 3.63) is 0 Å². The van der Waals surface area contributed by atoms with E-state index in [4.69, 9.17) is 5.26 Å². The topological polar surface area (TPSA) is 35.8 Å². The fourth-order valence-electron chi connectivity index (χ4n) is 0.0299. The molecule has 0 amide bonds. The van der Waals surface area contributed by atoms with Crippen LogP contribution < -0.4 is 5.32 Å². The Kier molecular flexibility index (Phi) is 2.72. The molecular weight excluding hydrogens is 71.0 g/mol. The zero-order valence-electron chi connectivity index (χ0n) is 2.53. The molecule has 28 valence electrons. The van der Waals surface area contributed by atoms with Gasteiger partial charge in [-0.15, -0.1) is 0 Å². The third-order valence-corrected chi connectivity index (χ3v) is 0.146. The van der Waals surface area contributed by atoms with E-state index in [1.165, 1.54) is 6.19 Å². The lowest BCUT2D eigenvalue weighted by Crippen LogP contribution is -1.99. The van der Waals surface area contributed by atoms with Gasteiger partial charge >= 0.3 is 0 Å². The molecule has 0 aliphatic rings. The normalized spacial score (nSPS) is 5.60. The molecule has 0 aromatic rings. The third kappa shape index (κ3) is 3.22. The van der Waals surface area contributed by atoms with Gasteiger partial charge in [-0.2, -0.15) is 5.26 Å². The molecule has 0 aromatic carbocycles. The molecule has 0 rings (SSSR count). The van der Waals surface area contributed by atoms with Gasteiger partial charge in [-0.3, -0.25) is 5.32 Å². The number of alkyl halides is 1. The van der Waals surface area contributed by atoms with Crippen LogP contribution in [0.3, 0.4) is 0 Å². The molecule has 0 radical (unpaired) electrons. The van der Waals surface area contributed by atoms with E-state index in [1.54, 1.807) is 5.32 Å². The van der Waals surface area contributed by atoms with Gasteiger partial charge in [-0.05, 0) is 0 Å². The van der Waals surface area contributed by atoms with Crippen molar-refractivity contribution < 1.29 is 4.39 Å². The van der Waals surface area contributed by atoms with Crippen molar-refractivity contribution in [1.29, 1.82) is 5.26 Å².